The Morgan fingerprint density at radius 2 is 2.00 bits per heavy atom. The lowest BCUT2D eigenvalue weighted by Gasteiger charge is -2.28. The van der Waals surface area contributed by atoms with E-state index in [0.717, 1.165) is 6.08 Å². The van der Waals surface area contributed by atoms with E-state index in [4.69, 9.17) is 9.47 Å². The van der Waals surface area contributed by atoms with Crippen LogP contribution in [0.1, 0.15) is 27.7 Å². The van der Waals surface area contributed by atoms with Crippen molar-refractivity contribution in [2.45, 2.75) is 33.3 Å². The first-order chi connectivity index (χ1) is 8.88. The van der Waals surface area contributed by atoms with E-state index >= 15 is 0 Å². The zero-order valence-corrected chi connectivity index (χ0v) is 12.2. The summed E-state index contributed by atoms with van der Waals surface area (Å²) in [6, 6.07) is 0. The Kier molecular flexibility index (Phi) is 8.52. The van der Waals surface area contributed by atoms with Crippen LogP contribution in [0.2, 0.25) is 0 Å². The Bertz CT molecular complexity index is 333. The normalized spacial score (nSPS) is 15.5. The SMILES string of the molecule is C=C/C(=C(F)\C=C\F)C(C)(C)OC[C@H](C)COCC. The van der Waals surface area contributed by atoms with Gasteiger partial charge in [0.25, 0.3) is 0 Å². The molecule has 0 saturated heterocycles. The van der Waals surface area contributed by atoms with Crippen molar-refractivity contribution in [3.05, 3.63) is 36.5 Å². The molecule has 0 bridgehead atoms. The van der Waals surface area contributed by atoms with Crippen LogP contribution in [-0.4, -0.2) is 25.4 Å². The molecule has 0 fully saturated rings. The van der Waals surface area contributed by atoms with Crippen LogP contribution in [0, 0.1) is 5.92 Å². The molecule has 0 spiro atoms. The van der Waals surface area contributed by atoms with E-state index in [2.05, 4.69) is 6.58 Å². The van der Waals surface area contributed by atoms with Crippen LogP contribution in [-0.2, 0) is 9.47 Å². The number of rotatable bonds is 9. The highest BCUT2D eigenvalue weighted by atomic mass is 19.1. The van der Waals surface area contributed by atoms with Gasteiger partial charge in [-0.25, -0.2) is 8.78 Å². The van der Waals surface area contributed by atoms with Gasteiger partial charge in [0.1, 0.15) is 5.83 Å². The van der Waals surface area contributed by atoms with E-state index in [0.29, 0.717) is 19.8 Å². The van der Waals surface area contributed by atoms with Crippen LogP contribution in [0.4, 0.5) is 8.78 Å². The third-order valence-electron chi connectivity index (χ3n) is 2.65. The van der Waals surface area contributed by atoms with Crippen LogP contribution in [0.15, 0.2) is 36.5 Å². The maximum absolute atomic E-state index is 13.7. The Balaban J connectivity index is 4.67. The third kappa shape index (κ3) is 6.64. The van der Waals surface area contributed by atoms with Crippen molar-refractivity contribution in [2.24, 2.45) is 5.92 Å². The lowest BCUT2D eigenvalue weighted by atomic mass is 9.96. The summed E-state index contributed by atoms with van der Waals surface area (Å²) in [5.41, 5.74) is -0.642. The number of allylic oxidation sites excluding steroid dienone is 2. The number of halogens is 2. The molecule has 0 aliphatic heterocycles. The van der Waals surface area contributed by atoms with Gasteiger partial charge in [-0.3, -0.25) is 0 Å². The van der Waals surface area contributed by atoms with Gasteiger partial charge in [-0.05, 0) is 20.8 Å². The largest absolute Gasteiger partial charge is 0.381 e. The maximum Gasteiger partial charge on any atom is 0.131 e. The zero-order valence-electron chi connectivity index (χ0n) is 12.2. The second kappa shape index (κ2) is 8.99. The molecule has 0 aromatic rings. The first-order valence-corrected chi connectivity index (χ1v) is 6.40. The van der Waals surface area contributed by atoms with E-state index in [1.807, 2.05) is 13.8 Å². The molecule has 0 aliphatic carbocycles. The van der Waals surface area contributed by atoms with E-state index in [1.165, 1.54) is 6.08 Å². The van der Waals surface area contributed by atoms with Crippen molar-refractivity contribution in [2.75, 3.05) is 19.8 Å². The molecule has 19 heavy (non-hydrogen) atoms. The summed E-state index contributed by atoms with van der Waals surface area (Å²) in [5.74, 6) is -0.481. The number of hydrogen-bond acceptors (Lipinski definition) is 2. The third-order valence-corrected chi connectivity index (χ3v) is 2.65. The summed E-state index contributed by atoms with van der Waals surface area (Å²) in [6.07, 6.45) is 2.26. The van der Waals surface area contributed by atoms with Gasteiger partial charge in [-0.15, -0.1) is 0 Å². The molecule has 0 unspecified atom stereocenters. The lowest BCUT2D eigenvalue weighted by molar-refractivity contribution is -0.0229. The van der Waals surface area contributed by atoms with Crippen molar-refractivity contribution < 1.29 is 18.3 Å². The Hall–Kier alpha value is -1.00. The van der Waals surface area contributed by atoms with Crippen LogP contribution < -0.4 is 0 Å². The van der Waals surface area contributed by atoms with Crippen LogP contribution in [0.3, 0.4) is 0 Å². The van der Waals surface area contributed by atoms with Crippen LogP contribution in [0.25, 0.3) is 0 Å². The van der Waals surface area contributed by atoms with Gasteiger partial charge < -0.3 is 9.47 Å². The molecular formula is C15H24F2O2. The van der Waals surface area contributed by atoms with Gasteiger partial charge in [-0.2, -0.15) is 0 Å². The molecular weight excluding hydrogens is 250 g/mol. The zero-order chi connectivity index (χ0) is 14.9. The van der Waals surface area contributed by atoms with E-state index in [1.54, 1.807) is 13.8 Å². The van der Waals surface area contributed by atoms with Crippen LogP contribution >= 0.6 is 0 Å². The minimum atomic E-state index is -0.869. The molecule has 0 radical (unpaired) electrons. The smallest absolute Gasteiger partial charge is 0.131 e. The number of ether oxygens (including phenoxy) is 2. The molecule has 0 aromatic carbocycles. The standard InChI is InChI=1S/C15H24F2O2/c1-6-13(14(17)8-9-16)15(4,5)19-11-12(3)10-18-7-2/h6,8-9,12H,1,7,10-11H2,2-5H3/b9-8+,14-13-/t12-/m1/s1. The quantitative estimate of drug-likeness (QED) is 0.582. The monoisotopic (exact) mass is 274 g/mol. The fourth-order valence-electron chi connectivity index (χ4n) is 1.57. The molecule has 0 saturated carbocycles. The summed E-state index contributed by atoms with van der Waals surface area (Å²) < 4.78 is 36.7. The molecule has 0 heterocycles. The molecule has 4 heteroatoms. The second-order valence-electron chi connectivity index (χ2n) is 4.84. The summed E-state index contributed by atoms with van der Waals surface area (Å²) in [6.45, 7) is 12.6. The maximum atomic E-state index is 13.7. The van der Waals surface area contributed by atoms with E-state index in [9.17, 15) is 8.78 Å². The predicted octanol–water partition coefficient (Wildman–Crippen LogP) is 4.35. The van der Waals surface area contributed by atoms with Gasteiger partial charge in [0, 0.05) is 24.2 Å². The average molecular weight is 274 g/mol. The second-order valence-corrected chi connectivity index (χ2v) is 4.84. The van der Waals surface area contributed by atoms with Crippen molar-refractivity contribution in [3.8, 4) is 0 Å². The minimum absolute atomic E-state index is 0.159. The van der Waals surface area contributed by atoms with Gasteiger partial charge in [0.15, 0.2) is 0 Å². The topological polar surface area (TPSA) is 18.5 Å². The van der Waals surface area contributed by atoms with Crippen molar-refractivity contribution >= 4 is 0 Å². The van der Waals surface area contributed by atoms with Gasteiger partial charge in [0.05, 0.1) is 25.1 Å². The number of hydrogen-bond donors (Lipinski definition) is 0. The molecule has 0 N–H and O–H groups in total. The van der Waals surface area contributed by atoms with Crippen molar-refractivity contribution in [1.82, 2.24) is 0 Å². The summed E-state index contributed by atoms with van der Waals surface area (Å²) in [7, 11) is 0. The first-order valence-electron chi connectivity index (χ1n) is 6.40. The molecule has 1 atom stereocenters. The van der Waals surface area contributed by atoms with Gasteiger partial charge in [-0.1, -0.05) is 19.6 Å². The average Bonchev–Trinajstić information content (AvgIpc) is 2.34. The lowest BCUT2D eigenvalue weighted by Crippen LogP contribution is -2.30. The first kappa shape index (κ1) is 18.0. The Labute approximate surface area is 114 Å². The summed E-state index contributed by atoms with van der Waals surface area (Å²) >= 11 is 0. The highest BCUT2D eigenvalue weighted by molar-refractivity contribution is 5.33. The predicted molar refractivity (Wildman–Crippen MR) is 74.3 cm³/mol. The minimum Gasteiger partial charge on any atom is -0.381 e. The molecule has 0 aliphatic rings. The highest BCUT2D eigenvalue weighted by Gasteiger charge is 2.25. The summed E-state index contributed by atoms with van der Waals surface area (Å²) in [4.78, 5) is 0. The van der Waals surface area contributed by atoms with E-state index < -0.39 is 11.4 Å². The molecule has 0 amide bonds. The molecule has 2 nitrogen and oxygen atoms in total. The fraction of sp³-hybridized carbons (Fsp3) is 0.600. The van der Waals surface area contributed by atoms with Crippen molar-refractivity contribution in [3.63, 3.8) is 0 Å². The molecule has 0 rings (SSSR count). The van der Waals surface area contributed by atoms with Crippen molar-refractivity contribution in [1.29, 1.82) is 0 Å². The van der Waals surface area contributed by atoms with E-state index in [-0.39, 0.29) is 17.8 Å². The van der Waals surface area contributed by atoms with Gasteiger partial charge in [0.2, 0.25) is 0 Å². The fourth-order valence-corrected chi connectivity index (χ4v) is 1.57. The Morgan fingerprint density at radius 1 is 1.37 bits per heavy atom. The highest BCUT2D eigenvalue weighted by Crippen LogP contribution is 2.27. The van der Waals surface area contributed by atoms with Crippen LogP contribution in [0.5, 0.6) is 0 Å². The molecule has 110 valence electrons. The summed E-state index contributed by atoms with van der Waals surface area (Å²) in [5, 5.41) is 0. The Morgan fingerprint density at radius 3 is 2.47 bits per heavy atom. The molecule has 0 aromatic heterocycles. The van der Waals surface area contributed by atoms with Gasteiger partial charge >= 0.3 is 0 Å².